The van der Waals surface area contributed by atoms with Gasteiger partial charge in [-0.25, -0.2) is 0 Å². The Bertz CT molecular complexity index is 292. The fraction of sp³-hybridized carbons (Fsp3) is 0.789. The van der Waals surface area contributed by atoms with Crippen molar-refractivity contribution in [1.82, 2.24) is 4.90 Å². The summed E-state index contributed by atoms with van der Waals surface area (Å²) in [6, 6.07) is 0. The summed E-state index contributed by atoms with van der Waals surface area (Å²) >= 11 is 0. The summed E-state index contributed by atoms with van der Waals surface area (Å²) in [6.45, 7) is 9.43. The molecule has 0 amide bonds. The van der Waals surface area contributed by atoms with E-state index in [1.165, 1.54) is 43.3 Å². The van der Waals surface area contributed by atoms with Crippen molar-refractivity contribution in [3.8, 4) is 0 Å². The molecule has 0 aromatic heterocycles. The molecule has 0 aliphatic carbocycles. The molecule has 0 bridgehead atoms. The number of hydrogen-bond acceptors (Lipinski definition) is 2. The van der Waals surface area contributed by atoms with Crippen LogP contribution in [0.25, 0.3) is 0 Å². The zero-order valence-electron chi connectivity index (χ0n) is 15.1. The van der Waals surface area contributed by atoms with Gasteiger partial charge in [0.2, 0.25) is 0 Å². The van der Waals surface area contributed by atoms with E-state index in [9.17, 15) is 0 Å². The lowest BCUT2D eigenvalue weighted by Crippen LogP contribution is -2.15. The number of rotatable bonds is 13. The second-order valence-corrected chi connectivity index (χ2v) is 6.34. The Kier molecular flexibility index (Phi) is 13.9. The Balaban J connectivity index is 3.62. The molecule has 0 atom stereocenters. The third-order valence-electron chi connectivity index (χ3n) is 3.56. The summed E-state index contributed by atoms with van der Waals surface area (Å²) in [5.41, 5.74) is 2.89. The fourth-order valence-electron chi connectivity index (χ4n) is 2.17. The highest BCUT2D eigenvalue weighted by Crippen LogP contribution is 2.10. The number of ether oxygens (including phenoxy) is 1. The molecule has 0 unspecified atom stereocenters. The van der Waals surface area contributed by atoms with Crippen LogP contribution in [0, 0.1) is 0 Å². The summed E-state index contributed by atoms with van der Waals surface area (Å²) in [5.74, 6) is 0. The molecule has 0 aromatic rings. The van der Waals surface area contributed by atoms with Crippen LogP contribution in [0.5, 0.6) is 0 Å². The summed E-state index contributed by atoms with van der Waals surface area (Å²) in [5, 5.41) is 0. The Morgan fingerprint density at radius 3 is 2.33 bits per heavy atom. The van der Waals surface area contributed by atoms with Crippen molar-refractivity contribution in [2.24, 2.45) is 0 Å². The molecule has 0 N–H and O–H groups in total. The second kappa shape index (κ2) is 14.3. The van der Waals surface area contributed by atoms with Crippen molar-refractivity contribution in [2.75, 3.05) is 33.9 Å². The van der Waals surface area contributed by atoms with E-state index in [1.54, 1.807) is 0 Å². The van der Waals surface area contributed by atoms with Crippen molar-refractivity contribution in [3.63, 3.8) is 0 Å². The first kappa shape index (κ1) is 20.4. The van der Waals surface area contributed by atoms with E-state index in [1.807, 2.05) is 0 Å². The first-order valence-corrected chi connectivity index (χ1v) is 8.60. The van der Waals surface area contributed by atoms with Crippen molar-refractivity contribution in [1.29, 1.82) is 0 Å². The molecular formula is C19H37NO. The van der Waals surface area contributed by atoms with Gasteiger partial charge in [-0.2, -0.15) is 0 Å². The van der Waals surface area contributed by atoms with Gasteiger partial charge in [0.15, 0.2) is 0 Å². The largest absolute Gasteiger partial charge is 0.377 e. The van der Waals surface area contributed by atoms with E-state index in [2.05, 4.69) is 51.9 Å². The standard InChI is InChI=1S/C19H37NO/c1-6-7-8-9-12-18(2)13-10-14-19(3)17-21-16-11-15-20(4)5/h12,14H,6-11,13,15-17H2,1-5H3/b18-12-,19-14+. The highest BCUT2D eigenvalue weighted by atomic mass is 16.5. The van der Waals surface area contributed by atoms with Gasteiger partial charge in [0, 0.05) is 6.61 Å². The lowest BCUT2D eigenvalue weighted by atomic mass is 10.1. The maximum atomic E-state index is 5.69. The minimum Gasteiger partial charge on any atom is -0.377 e. The van der Waals surface area contributed by atoms with Gasteiger partial charge in [-0.3, -0.25) is 0 Å². The average Bonchev–Trinajstić information content (AvgIpc) is 2.43. The van der Waals surface area contributed by atoms with Crippen molar-refractivity contribution >= 4 is 0 Å². The van der Waals surface area contributed by atoms with Crippen LogP contribution in [0.2, 0.25) is 0 Å². The summed E-state index contributed by atoms with van der Waals surface area (Å²) in [7, 11) is 4.20. The zero-order valence-corrected chi connectivity index (χ0v) is 15.1. The van der Waals surface area contributed by atoms with E-state index in [0.29, 0.717) is 0 Å². The van der Waals surface area contributed by atoms with Gasteiger partial charge in [-0.1, -0.05) is 43.1 Å². The van der Waals surface area contributed by atoms with E-state index < -0.39 is 0 Å². The Labute approximate surface area is 133 Å². The first-order chi connectivity index (χ1) is 10.1. The summed E-state index contributed by atoms with van der Waals surface area (Å²) in [6.07, 6.45) is 13.4. The molecule has 0 aliphatic heterocycles. The molecule has 0 fully saturated rings. The lowest BCUT2D eigenvalue weighted by Gasteiger charge is -2.09. The molecule has 0 heterocycles. The number of allylic oxidation sites excluding steroid dienone is 3. The third-order valence-corrected chi connectivity index (χ3v) is 3.56. The third kappa shape index (κ3) is 15.6. The van der Waals surface area contributed by atoms with Gasteiger partial charge in [-0.05, 0) is 66.6 Å². The summed E-state index contributed by atoms with van der Waals surface area (Å²) < 4.78 is 5.69. The van der Waals surface area contributed by atoms with Crippen LogP contribution in [0.1, 0.15) is 65.7 Å². The highest BCUT2D eigenvalue weighted by Gasteiger charge is 1.94. The van der Waals surface area contributed by atoms with Crippen LogP contribution in [0.3, 0.4) is 0 Å². The van der Waals surface area contributed by atoms with Gasteiger partial charge in [0.05, 0.1) is 6.61 Å². The normalized spacial score (nSPS) is 13.2. The predicted octanol–water partition coefficient (Wildman–Crippen LogP) is 5.21. The second-order valence-electron chi connectivity index (χ2n) is 6.34. The van der Waals surface area contributed by atoms with E-state index in [-0.39, 0.29) is 0 Å². The van der Waals surface area contributed by atoms with Gasteiger partial charge in [-0.15, -0.1) is 0 Å². The molecule has 0 radical (unpaired) electrons. The molecule has 0 aliphatic rings. The Hall–Kier alpha value is -0.600. The molecule has 0 rings (SSSR count). The monoisotopic (exact) mass is 295 g/mol. The Morgan fingerprint density at radius 1 is 0.952 bits per heavy atom. The maximum absolute atomic E-state index is 5.69. The van der Waals surface area contributed by atoms with Crippen LogP contribution in [0.15, 0.2) is 23.3 Å². The SMILES string of the molecule is CCCCC/C=C(/C)CC/C=C(\C)COCCCN(C)C. The van der Waals surface area contributed by atoms with Crippen molar-refractivity contribution in [2.45, 2.75) is 65.7 Å². The molecule has 0 aromatic carbocycles. The molecule has 0 spiro atoms. The smallest absolute Gasteiger partial charge is 0.0674 e. The van der Waals surface area contributed by atoms with Gasteiger partial charge < -0.3 is 9.64 Å². The molecule has 0 saturated carbocycles. The van der Waals surface area contributed by atoms with Crippen molar-refractivity contribution < 1.29 is 4.74 Å². The van der Waals surface area contributed by atoms with Crippen LogP contribution in [-0.4, -0.2) is 38.8 Å². The summed E-state index contributed by atoms with van der Waals surface area (Å²) in [4.78, 5) is 2.20. The first-order valence-electron chi connectivity index (χ1n) is 8.60. The van der Waals surface area contributed by atoms with E-state index in [0.717, 1.165) is 32.6 Å². The molecule has 124 valence electrons. The maximum Gasteiger partial charge on any atom is 0.0674 e. The molecular weight excluding hydrogens is 258 g/mol. The topological polar surface area (TPSA) is 12.5 Å². The minimum atomic E-state index is 0.784. The van der Waals surface area contributed by atoms with Crippen molar-refractivity contribution in [3.05, 3.63) is 23.3 Å². The van der Waals surface area contributed by atoms with E-state index >= 15 is 0 Å². The van der Waals surface area contributed by atoms with Crippen LogP contribution in [-0.2, 0) is 4.74 Å². The average molecular weight is 296 g/mol. The number of nitrogens with zero attached hydrogens (tertiary/aromatic N) is 1. The number of unbranched alkanes of at least 4 members (excludes halogenated alkanes) is 3. The van der Waals surface area contributed by atoms with Gasteiger partial charge in [0.25, 0.3) is 0 Å². The van der Waals surface area contributed by atoms with Crippen LogP contribution in [0.4, 0.5) is 0 Å². The zero-order chi connectivity index (χ0) is 15.9. The predicted molar refractivity (Wildman–Crippen MR) is 94.9 cm³/mol. The highest BCUT2D eigenvalue weighted by molar-refractivity contribution is 5.03. The molecule has 2 nitrogen and oxygen atoms in total. The Morgan fingerprint density at radius 2 is 1.67 bits per heavy atom. The fourth-order valence-corrected chi connectivity index (χ4v) is 2.17. The van der Waals surface area contributed by atoms with Gasteiger partial charge >= 0.3 is 0 Å². The molecule has 21 heavy (non-hydrogen) atoms. The lowest BCUT2D eigenvalue weighted by molar-refractivity contribution is 0.146. The van der Waals surface area contributed by atoms with E-state index in [4.69, 9.17) is 4.74 Å². The quantitative estimate of drug-likeness (QED) is 0.342. The van der Waals surface area contributed by atoms with Gasteiger partial charge in [0.1, 0.15) is 0 Å². The van der Waals surface area contributed by atoms with Crippen LogP contribution < -0.4 is 0 Å². The molecule has 0 saturated heterocycles. The number of hydrogen-bond donors (Lipinski definition) is 0. The van der Waals surface area contributed by atoms with Crippen LogP contribution >= 0.6 is 0 Å². The minimum absolute atomic E-state index is 0.784. The molecule has 2 heteroatoms.